The number of aromatic nitrogens is 1. The molecular formula is C28H22N2O4S. The number of hydrogen-bond acceptors (Lipinski definition) is 5. The van der Waals surface area contributed by atoms with Gasteiger partial charge in [-0.25, -0.2) is 4.79 Å². The summed E-state index contributed by atoms with van der Waals surface area (Å²) in [7, 11) is 1.36. The number of thioether (sulfide) groups is 1. The molecule has 7 heteroatoms. The molecule has 0 spiro atoms. The minimum atomic E-state index is -0.379. The van der Waals surface area contributed by atoms with Crippen LogP contribution in [0.15, 0.2) is 90.0 Å². The zero-order valence-corrected chi connectivity index (χ0v) is 19.8. The summed E-state index contributed by atoms with van der Waals surface area (Å²) in [5, 5.41) is 0.708. The standard InChI is InChI=1S/C28H22N2O4S/c1-34-27(32)21-11-7-10-20(14-21)16-29-18-22(23-12-5-6-13-24(23)29)15-25-26(31)30(28(33)35-25)17-19-8-3-2-4-9-19/h2-15,18H,16-17H2,1H3/b25-15-. The molecule has 2 heterocycles. The van der Waals surface area contributed by atoms with Gasteiger partial charge in [-0.1, -0.05) is 60.7 Å². The molecule has 1 saturated heterocycles. The van der Waals surface area contributed by atoms with Crippen LogP contribution in [-0.4, -0.2) is 33.7 Å². The van der Waals surface area contributed by atoms with Gasteiger partial charge in [-0.3, -0.25) is 14.5 Å². The summed E-state index contributed by atoms with van der Waals surface area (Å²) in [5.41, 5.74) is 4.19. The Morgan fingerprint density at radius 1 is 0.914 bits per heavy atom. The van der Waals surface area contributed by atoms with Gasteiger partial charge in [0.05, 0.1) is 24.1 Å². The molecule has 1 aliphatic heterocycles. The molecule has 1 fully saturated rings. The first-order valence-electron chi connectivity index (χ1n) is 11.1. The molecule has 0 radical (unpaired) electrons. The van der Waals surface area contributed by atoms with E-state index in [4.69, 9.17) is 4.74 Å². The molecule has 1 aromatic heterocycles. The monoisotopic (exact) mass is 482 g/mol. The van der Waals surface area contributed by atoms with Gasteiger partial charge in [0.25, 0.3) is 11.1 Å². The first kappa shape index (κ1) is 22.7. The van der Waals surface area contributed by atoms with Gasteiger partial charge in [0.1, 0.15) is 0 Å². The van der Waals surface area contributed by atoms with Crippen LogP contribution in [0.3, 0.4) is 0 Å². The Balaban J connectivity index is 1.45. The molecule has 35 heavy (non-hydrogen) atoms. The predicted octanol–water partition coefficient (Wildman–Crippen LogP) is 5.71. The number of amides is 2. The molecule has 1 aliphatic rings. The Kier molecular flexibility index (Phi) is 6.25. The molecule has 3 aromatic carbocycles. The summed E-state index contributed by atoms with van der Waals surface area (Å²) in [4.78, 5) is 39.3. The van der Waals surface area contributed by atoms with Crippen LogP contribution >= 0.6 is 11.8 Å². The fourth-order valence-corrected chi connectivity index (χ4v) is 5.00. The molecule has 0 N–H and O–H groups in total. The van der Waals surface area contributed by atoms with E-state index in [1.807, 2.05) is 79.0 Å². The number of hydrogen-bond donors (Lipinski definition) is 0. The molecule has 5 rings (SSSR count). The van der Waals surface area contributed by atoms with Gasteiger partial charge in [0, 0.05) is 29.2 Å². The molecule has 0 atom stereocenters. The molecule has 0 unspecified atom stereocenters. The lowest BCUT2D eigenvalue weighted by molar-refractivity contribution is -0.123. The molecule has 174 valence electrons. The largest absolute Gasteiger partial charge is 0.465 e. The van der Waals surface area contributed by atoms with E-state index in [1.165, 1.54) is 12.0 Å². The van der Waals surface area contributed by atoms with Gasteiger partial charge in [-0.15, -0.1) is 0 Å². The third kappa shape index (κ3) is 4.63. The fraction of sp³-hybridized carbons (Fsp3) is 0.107. The second-order valence-electron chi connectivity index (χ2n) is 8.17. The van der Waals surface area contributed by atoms with Gasteiger partial charge in [0.15, 0.2) is 0 Å². The van der Waals surface area contributed by atoms with Crippen molar-refractivity contribution in [1.29, 1.82) is 0 Å². The number of esters is 1. The van der Waals surface area contributed by atoms with Crippen molar-refractivity contribution in [3.05, 3.63) is 112 Å². The Bertz CT molecular complexity index is 1470. The highest BCUT2D eigenvalue weighted by molar-refractivity contribution is 8.18. The van der Waals surface area contributed by atoms with Crippen LogP contribution in [0.2, 0.25) is 0 Å². The third-order valence-electron chi connectivity index (χ3n) is 5.86. The number of imide groups is 1. The second-order valence-corrected chi connectivity index (χ2v) is 9.17. The third-order valence-corrected chi connectivity index (χ3v) is 6.77. The number of methoxy groups -OCH3 is 1. The number of carbonyl (C=O) groups is 3. The SMILES string of the molecule is COC(=O)c1cccc(Cn2cc(/C=C3\SC(=O)N(Cc4ccccc4)C3=O)c3ccccc32)c1. The van der Waals surface area contributed by atoms with E-state index in [0.29, 0.717) is 17.0 Å². The summed E-state index contributed by atoms with van der Waals surface area (Å²) in [5.74, 6) is -0.664. The van der Waals surface area contributed by atoms with Crippen molar-refractivity contribution >= 4 is 45.9 Å². The van der Waals surface area contributed by atoms with Crippen molar-refractivity contribution in [1.82, 2.24) is 9.47 Å². The van der Waals surface area contributed by atoms with Crippen LogP contribution < -0.4 is 0 Å². The first-order valence-corrected chi connectivity index (χ1v) is 11.9. The van der Waals surface area contributed by atoms with Crippen molar-refractivity contribution in [2.24, 2.45) is 0 Å². The van der Waals surface area contributed by atoms with Crippen LogP contribution in [0.25, 0.3) is 17.0 Å². The summed E-state index contributed by atoms with van der Waals surface area (Å²) < 4.78 is 6.91. The van der Waals surface area contributed by atoms with Gasteiger partial charge in [-0.2, -0.15) is 0 Å². The minimum absolute atomic E-state index is 0.251. The van der Waals surface area contributed by atoms with Gasteiger partial charge >= 0.3 is 5.97 Å². The van der Waals surface area contributed by atoms with Gasteiger partial charge < -0.3 is 9.30 Å². The zero-order valence-electron chi connectivity index (χ0n) is 19.0. The van der Waals surface area contributed by atoms with Crippen LogP contribution in [0, 0.1) is 0 Å². The van der Waals surface area contributed by atoms with Crippen LogP contribution in [0.1, 0.15) is 27.0 Å². The zero-order chi connectivity index (χ0) is 24.4. The van der Waals surface area contributed by atoms with Crippen molar-refractivity contribution in [2.45, 2.75) is 13.1 Å². The lowest BCUT2D eigenvalue weighted by Crippen LogP contribution is -2.27. The number of benzene rings is 3. The average molecular weight is 483 g/mol. The fourth-order valence-electron chi connectivity index (χ4n) is 4.18. The number of carbonyl (C=O) groups excluding carboxylic acids is 3. The molecule has 6 nitrogen and oxygen atoms in total. The van der Waals surface area contributed by atoms with E-state index in [1.54, 1.807) is 12.1 Å². The highest BCUT2D eigenvalue weighted by Gasteiger charge is 2.35. The van der Waals surface area contributed by atoms with E-state index in [0.717, 1.165) is 39.4 Å². The second kappa shape index (κ2) is 9.64. The van der Waals surface area contributed by atoms with Crippen molar-refractivity contribution < 1.29 is 19.1 Å². The molecule has 0 bridgehead atoms. The normalized spacial score (nSPS) is 14.8. The van der Waals surface area contributed by atoms with Crippen molar-refractivity contribution in [3.63, 3.8) is 0 Å². The van der Waals surface area contributed by atoms with Crippen molar-refractivity contribution in [2.75, 3.05) is 7.11 Å². The number of para-hydroxylation sites is 1. The Morgan fingerprint density at radius 3 is 2.46 bits per heavy atom. The minimum Gasteiger partial charge on any atom is -0.465 e. The molecule has 0 saturated carbocycles. The maximum absolute atomic E-state index is 13.1. The first-order chi connectivity index (χ1) is 17.0. The number of fused-ring (bicyclic) bond motifs is 1. The van der Waals surface area contributed by atoms with E-state index in [2.05, 4.69) is 4.57 Å². The molecule has 4 aromatic rings. The maximum Gasteiger partial charge on any atom is 0.337 e. The number of rotatable bonds is 6. The van der Waals surface area contributed by atoms with Gasteiger partial charge in [-0.05, 0) is 47.2 Å². The topological polar surface area (TPSA) is 68.6 Å². The lowest BCUT2D eigenvalue weighted by atomic mass is 10.1. The Morgan fingerprint density at radius 2 is 1.66 bits per heavy atom. The lowest BCUT2D eigenvalue weighted by Gasteiger charge is -2.12. The van der Waals surface area contributed by atoms with Crippen LogP contribution in [0.5, 0.6) is 0 Å². The quantitative estimate of drug-likeness (QED) is 0.260. The van der Waals surface area contributed by atoms with Crippen LogP contribution in [-0.2, 0) is 22.6 Å². The number of ether oxygens (including phenoxy) is 1. The molecule has 2 amide bonds. The predicted molar refractivity (Wildman–Crippen MR) is 137 cm³/mol. The van der Waals surface area contributed by atoms with E-state index in [9.17, 15) is 14.4 Å². The highest BCUT2D eigenvalue weighted by Crippen LogP contribution is 2.35. The number of nitrogens with zero attached hydrogens (tertiary/aromatic N) is 2. The van der Waals surface area contributed by atoms with E-state index in [-0.39, 0.29) is 23.7 Å². The Hall–Kier alpha value is -4.10. The molecule has 0 aliphatic carbocycles. The average Bonchev–Trinajstić information content (AvgIpc) is 3.36. The van der Waals surface area contributed by atoms with Crippen LogP contribution in [0.4, 0.5) is 4.79 Å². The summed E-state index contributed by atoms with van der Waals surface area (Å²) in [6.07, 6.45) is 3.76. The van der Waals surface area contributed by atoms with Crippen molar-refractivity contribution in [3.8, 4) is 0 Å². The summed E-state index contributed by atoms with van der Waals surface area (Å²) in [6.45, 7) is 0.788. The van der Waals surface area contributed by atoms with E-state index >= 15 is 0 Å². The summed E-state index contributed by atoms with van der Waals surface area (Å²) in [6, 6.07) is 24.7. The maximum atomic E-state index is 13.1. The molecular weight excluding hydrogens is 460 g/mol. The Labute approximate surface area is 206 Å². The van der Waals surface area contributed by atoms with E-state index < -0.39 is 0 Å². The summed E-state index contributed by atoms with van der Waals surface area (Å²) >= 11 is 0.963. The smallest absolute Gasteiger partial charge is 0.337 e. The highest BCUT2D eigenvalue weighted by atomic mass is 32.2. The van der Waals surface area contributed by atoms with Gasteiger partial charge in [0.2, 0.25) is 0 Å².